The molecular weight excluding hydrogens is 164 g/mol. The Labute approximate surface area is 82.2 Å². The third-order valence-corrected chi connectivity index (χ3v) is 2.17. The van der Waals surface area contributed by atoms with E-state index in [-0.39, 0.29) is 0 Å². The fourth-order valence-corrected chi connectivity index (χ4v) is 1.24. The lowest BCUT2D eigenvalue weighted by Gasteiger charge is -2.15. The van der Waals surface area contributed by atoms with Gasteiger partial charge in [-0.2, -0.15) is 0 Å². The van der Waals surface area contributed by atoms with E-state index in [1.807, 2.05) is 0 Å². The lowest BCUT2D eigenvalue weighted by Crippen LogP contribution is -2.23. The van der Waals surface area contributed by atoms with Gasteiger partial charge >= 0.3 is 0 Å². The number of unbranched alkanes of at least 4 members (excludes halogenated alkanes) is 3. The Morgan fingerprint density at radius 3 is 2.38 bits per heavy atom. The van der Waals surface area contributed by atoms with Gasteiger partial charge in [-0.3, -0.25) is 0 Å². The zero-order valence-corrected chi connectivity index (χ0v) is 9.09. The first-order chi connectivity index (χ1) is 6.31. The summed E-state index contributed by atoms with van der Waals surface area (Å²) in [6.07, 6.45) is 5.02. The van der Waals surface area contributed by atoms with Gasteiger partial charge in [0.1, 0.15) is 0 Å². The van der Waals surface area contributed by atoms with Gasteiger partial charge in [0.05, 0.1) is 6.61 Å². The summed E-state index contributed by atoms with van der Waals surface area (Å²) in [4.78, 5) is 2.31. The maximum atomic E-state index is 5.41. The predicted molar refractivity (Wildman–Crippen MR) is 56.9 cm³/mol. The van der Waals surface area contributed by atoms with E-state index >= 15 is 0 Å². The summed E-state index contributed by atoms with van der Waals surface area (Å²) in [6, 6.07) is 0. The summed E-state index contributed by atoms with van der Waals surface area (Å²) in [6.45, 7) is 3.88. The van der Waals surface area contributed by atoms with E-state index in [0.29, 0.717) is 0 Å². The fourth-order valence-electron chi connectivity index (χ4n) is 1.24. The van der Waals surface area contributed by atoms with Gasteiger partial charge in [-0.15, -0.1) is 0 Å². The first-order valence-corrected chi connectivity index (χ1v) is 5.18. The average Bonchev–Trinajstić information content (AvgIpc) is 2.14. The lowest BCUT2D eigenvalue weighted by atomic mass is 10.2. The number of ether oxygens (including phenoxy) is 1. The second kappa shape index (κ2) is 9.96. The third-order valence-electron chi connectivity index (χ3n) is 2.17. The lowest BCUT2D eigenvalue weighted by molar-refractivity contribution is 0.160. The molecule has 80 valence electrons. The van der Waals surface area contributed by atoms with E-state index in [9.17, 15) is 0 Å². The molecule has 3 heteroatoms. The molecule has 0 aromatic carbocycles. The molecule has 0 atom stereocenters. The number of methoxy groups -OCH3 is 1. The maximum absolute atomic E-state index is 5.41. The van der Waals surface area contributed by atoms with Gasteiger partial charge < -0.3 is 15.4 Å². The minimum Gasteiger partial charge on any atom is -0.383 e. The zero-order chi connectivity index (χ0) is 9.94. The van der Waals surface area contributed by atoms with Crippen LogP contribution in [0.2, 0.25) is 0 Å². The van der Waals surface area contributed by atoms with Crippen molar-refractivity contribution in [1.82, 2.24) is 4.90 Å². The van der Waals surface area contributed by atoms with Gasteiger partial charge in [0.25, 0.3) is 0 Å². The SMILES string of the molecule is COCCN(C)CCCCCCN. The zero-order valence-electron chi connectivity index (χ0n) is 9.09. The quantitative estimate of drug-likeness (QED) is 0.550. The van der Waals surface area contributed by atoms with Crippen molar-refractivity contribution in [1.29, 1.82) is 0 Å². The minimum atomic E-state index is 0.833. The van der Waals surface area contributed by atoms with E-state index < -0.39 is 0 Å². The smallest absolute Gasteiger partial charge is 0.0589 e. The molecule has 0 aromatic heterocycles. The molecular formula is C10H24N2O. The average molecular weight is 188 g/mol. The number of hydrogen-bond donors (Lipinski definition) is 1. The van der Waals surface area contributed by atoms with E-state index in [0.717, 1.165) is 19.7 Å². The summed E-state index contributed by atoms with van der Waals surface area (Å²) in [7, 11) is 3.89. The highest BCUT2D eigenvalue weighted by Crippen LogP contribution is 1.99. The molecule has 0 saturated heterocycles. The first kappa shape index (κ1) is 12.9. The van der Waals surface area contributed by atoms with Crippen LogP contribution in [0.4, 0.5) is 0 Å². The first-order valence-electron chi connectivity index (χ1n) is 5.18. The van der Waals surface area contributed by atoms with Crippen molar-refractivity contribution in [3.05, 3.63) is 0 Å². The van der Waals surface area contributed by atoms with Gasteiger partial charge in [-0.25, -0.2) is 0 Å². The number of hydrogen-bond acceptors (Lipinski definition) is 3. The molecule has 2 N–H and O–H groups in total. The third kappa shape index (κ3) is 9.80. The van der Waals surface area contributed by atoms with Crippen molar-refractivity contribution < 1.29 is 4.74 Å². The Morgan fingerprint density at radius 2 is 1.77 bits per heavy atom. The van der Waals surface area contributed by atoms with Gasteiger partial charge in [0, 0.05) is 13.7 Å². The standard InChI is InChI=1S/C10H24N2O/c1-12(9-10-13-2)8-6-4-3-5-7-11/h3-11H2,1-2H3. The molecule has 0 spiro atoms. The van der Waals surface area contributed by atoms with Crippen molar-refractivity contribution in [2.45, 2.75) is 25.7 Å². The van der Waals surface area contributed by atoms with Crippen LogP contribution in [-0.4, -0.2) is 45.3 Å². The van der Waals surface area contributed by atoms with Crippen molar-refractivity contribution in [2.75, 3.05) is 40.4 Å². The normalized spacial score (nSPS) is 11.1. The van der Waals surface area contributed by atoms with E-state index in [1.165, 1.54) is 32.2 Å². The number of rotatable bonds is 9. The van der Waals surface area contributed by atoms with Crippen molar-refractivity contribution in [3.8, 4) is 0 Å². The Hall–Kier alpha value is -0.120. The van der Waals surface area contributed by atoms with Gasteiger partial charge in [-0.1, -0.05) is 12.8 Å². The van der Waals surface area contributed by atoms with E-state index in [2.05, 4.69) is 11.9 Å². The van der Waals surface area contributed by atoms with Crippen LogP contribution in [0.1, 0.15) is 25.7 Å². The molecule has 0 radical (unpaired) electrons. The molecule has 0 heterocycles. The molecule has 0 aliphatic carbocycles. The molecule has 0 bridgehead atoms. The van der Waals surface area contributed by atoms with Crippen molar-refractivity contribution in [2.24, 2.45) is 5.73 Å². The van der Waals surface area contributed by atoms with Crippen LogP contribution in [0.15, 0.2) is 0 Å². The molecule has 0 rings (SSSR count). The number of nitrogens with zero attached hydrogens (tertiary/aromatic N) is 1. The molecule has 3 nitrogen and oxygen atoms in total. The van der Waals surface area contributed by atoms with E-state index in [4.69, 9.17) is 10.5 Å². The molecule has 0 aliphatic heterocycles. The van der Waals surface area contributed by atoms with Crippen LogP contribution in [0, 0.1) is 0 Å². The summed E-state index contributed by atoms with van der Waals surface area (Å²) >= 11 is 0. The Balaban J connectivity index is 3.03. The second-order valence-electron chi connectivity index (χ2n) is 3.50. The van der Waals surface area contributed by atoms with Crippen LogP contribution >= 0.6 is 0 Å². The Morgan fingerprint density at radius 1 is 1.08 bits per heavy atom. The molecule has 0 amide bonds. The summed E-state index contributed by atoms with van der Waals surface area (Å²) in [5.74, 6) is 0. The summed E-state index contributed by atoms with van der Waals surface area (Å²) in [5, 5.41) is 0. The van der Waals surface area contributed by atoms with E-state index in [1.54, 1.807) is 7.11 Å². The van der Waals surface area contributed by atoms with Crippen molar-refractivity contribution >= 4 is 0 Å². The van der Waals surface area contributed by atoms with Crippen LogP contribution in [0.5, 0.6) is 0 Å². The van der Waals surface area contributed by atoms with Crippen LogP contribution in [0.25, 0.3) is 0 Å². The highest BCUT2D eigenvalue weighted by molar-refractivity contribution is 4.51. The molecule has 0 aromatic rings. The van der Waals surface area contributed by atoms with Gasteiger partial charge in [0.2, 0.25) is 0 Å². The highest BCUT2D eigenvalue weighted by atomic mass is 16.5. The fraction of sp³-hybridized carbons (Fsp3) is 1.00. The number of nitrogens with two attached hydrogens (primary N) is 1. The highest BCUT2D eigenvalue weighted by Gasteiger charge is 1.96. The summed E-state index contributed by atoms with van der Waals surface area (Å²) < 4.78 is 5.00. The maximum Gasteiger partial charge on any atom is 0.0589 e. The molecule has 0 fully saturated rings. The number of likely N-dealkylation sites (N-methyl/N-ethyl adjacent to an activating group) is 1. The van der Waals surface area contributed by atoms with Gasteiger partial charge in [0.15, 0.2) is 0 Å². The predicted octanol–water partition coefficient (Wildman–Crippen LogP) is 1.08. The monoisotopic (exact) mass is 188 g/mol. The molecule has 0 aliphatic rings. The molecule has 0 unspecified atom stereocenters. The van der Waals surface area contributed by atoms with Crippen LogP contribution < -0.4 is 5.73 Å². The summed E-state index contributed by atoms with van der Waals surface area (Å²) in [5.41, 5.74) is 5.41. The minimum absolute atomic E-state index is 0.833. The van der Waals surface area contributed by atoms with Crippen LogP contribution in [0.3, 0.4) is 0 Å². The van der Waals surface area contributed by atoms with Gasteiger partial charge in [-0.05, 0) is 33.0 Å². The molecule has 13 heavy (non-hydrogen) atoms. The van der Waals surface area contributed by atoms with Crippen LogP contribution in [-0.2, 0) is 4.74 Å². The van der Waals surface area contributed by atoms with Crippen molar-refractivity contribution in [3.63, 3.8) is 0 Å². The molecule has 0 saturated carbocycles. The largest absolute Gasteiger partial charge is 0.383 e. The topological polar surface area (TPSA) is 38.5 Å². The Kier molecular flexibility index (Phi) is 9.87. The second-order valence-corrected chi connectivity index (χ2v) is 3.50. The Bertz CT molecular complexity index is 98.9.